The number of carbonyl (C=O) groups is 1. The van der Waals surface area contributed by atoms with Gasteiger partial charge in [-0.15, -0.1) is 0 Å². The normalized spacial score (nSPS) is 25.3. The summed E-state index contributed by atoms with van der Waals surface area (Å²) in [6, 6.07) is 6.55. The van der Waals surface area contributed by atoms with Gasteiger partial charge in [0.1, 0.15) is 0 Å². The second-order valence-electron chi connectivity index (χ2n) is 7.97. The van der Waals surface area contributed by atoms with Crippen LogP contribution in [0.15, 0.2) is 29.2 Å². The van der Waals surface area contributed by atoms with Crippen LogP contribution in [0.2, 0.25) is 0 Å². The summed E-state index contributed by atoms with van der Waals surface area (Å²) in [6.07, 6.45) is 3.43. The van der Waals surface area contributed by atoms with E-state index in [2.05, 4.69) is 19.2 Å². The Morgan fingerprint density at radius 3 is 2.27 bits per heavy atom. The summed E-state index contributed by atoms with van der Waals surface area (Å²) in [6.45, 7) is 7.92. The molecule has 2 atom stereocenters. The van der Waals surface area contributed by atoms with Crippen LogP contribution in [0.3, 0.4) is 0 Å². The smallest absolute Gasteiger partial charge is 0.279 e. The third kappa shape index (κ3) is 4.64. The van der Waals surface area contributed by atoms with Crippen molar-refractivity contribution in [2.75, 3.05) is 38.0 Å². The molecule has 0 aliphatic carbocycles. The number of quaternary nitrogens is 1. The maximum absolute atomic E-state index is 12.9. The molecule has 7 heteroatoms. The lowest BCUT2D eigenvalue weighted by molar-refractivity contribution is -0.878. The molecule has 144 valence electrons. The molecule has 6 nitrogen and oxygen atoms in total. The van der Waals surface area contributed by atoms with Crippen LogP contribution in [0.5, 0.6) is 0 Å². The summed E-state index contributed by atoms with van der Waals surface area (Å²) in [5.74, 6) is 0.733. The van der Waals surface area contributed by atoms with Crippen molar-refractivity contribution in [3.05, 3.63) is 24.3 Å². The van der Waals surface area contributed by atoms with Crippen LogP contribution in [0, 0.1) is 11.8 Å². The first-order chi connectivity index (χ1) is 12.3. The molecule has 0 bridgehead atoms. The molecule has 1 aromatic carbocycles. The van der Waals surface area contributed by atoms with Crippen molar-refractivity contribution >= 4 is 21.6 Å². The molecule has 2 N–H and O–H groups in total. The van der Waals surface area contributed by atoms with E-state index in [1.54, 1.807) is 28.6 Å². The first-order valence-corrected chi connectivity index (χ1v) is 11.0. The van der Waals surface area contributed by atoms with E-state index in [1.165, 1.54) is 17.7 Å². The largest absolute Gasteiger partial charge is 0.327 e. The number of carbonyl (C=O) groups excluding carboxylic acids is 1. The molecule has 1 amide bonds. The van der Waals surface area contributed by atoms with Crippen LogP contribution >= 0.6 is 0 Å². The van der Waals surface area contributed by atoms with E-state index >= 15 is 0 Å². The molecule has 2 heterocycles. The maximum Gasteiger partial charge on any atom is 0.279 e. The molecule has 1 aromatic rings. The van der Waals surface area contributed by atoms with Gasteiger partial charge in [-0.05, 0) is 42.5 Å². The van der Waals surface area contributed by atoms with E-state index in [0.29, 0.717) is 42.1 Å². The summed E-state index contributed by atoms with van der Waals surface area (Å²) in [7, 11) is -3.48. The predicted octanol–water partition coefficient (Wildman–Crippen LogP) is 0.970. The minimum atomic E-state index is -3.48. The van der Waals surface area contributed by atoms with Crippen LogP contribution in [0.4, 0.5) is 5.69 Å². The van der Waals surface area contributed by atoms with E-state index in [-0.39, 0.29) is 5.91 Å². The van der Waals surface area contributed by atoms with Gasteiger partial charge in [0.2, 0.25) is 10.0 Å². The number of anilines is 1. The van der Waals surface area contributed by atoms with Gasteiger partial charge in [-0.1, -0.05) is 13.8 Å². The molecule has 0 spiro atoms. The number of likely N-dealkylation sites (tertiary alicyclic amines) is 1. The Balaban J connectivity index is 1.63. The molecule has 2 aliphatic heterocycles. The second-order valence-corrected chi connectivity index (χ2v) is 9.91. The second kappa shape index (κ2) is 8.06. The predicted molar refractivity (Wildman–Crippen MR) is 102 cm³/mol. The van der Waals surface area contributed by atoms with Gasteiger partial charge in [-0.2, -0.15) is 4.31 Å². The Bertz CT molecular complexity index is 717. The maximum atomic E-state index is 12.9. The third-order valence-electron chi connectivity index (χ3n) is 5.33. The number of piperidine rings is 1. The molecule has 3 rings (SSSR count). The van der Waals surface area contributed by atoms with Crippen molar-refractivity contribution in [1.82, 2.24) is 4.31 Å². The SMILES string of the molecule is C[C@H]1C[C@H](C)CN(S(=O)(=O)c2ccc(NC(=O)C[NH+]3CCCC3)cc2)C1. The van der Waals surface area contributed by atoms with Crippen molar-refractivity contribution in [3.63, 3.8) is 0 Å². The van der Waals surface area contributed by atoms with Gasteiger partial charge in [0.25, 0.3) is 5.91 Å². The molecule has 0 radical (unpaired) electrons. The van der Waals surface area contributed by atoms with E-state index in [4.69, 9.17) is 0 Å². The minimum absolute atomic E-state index is 0.0174. The third-order valence-corrected chi connectivity index (χ3v) is 7.18. The molecule has 0 aromatic heterocycles. The first-order valence-electron chi connectivity index (χ1n) is 9.58. The highest BCUT2D eigenvalue weighted by Gasteiger charge is 2.31. The quantitative estimate of drug-likeness (QED) is 0.800. The number of amides is 1. The number of sulfonamides is 1. The summed E-state index contributed by atoms with van der Waals surface area (Å²) >= 11 is 0. The lowest BCUT2D eigenvalue weighted by Gasteiger charge is -2.34. The summed E-state index contributed by atoms with van der Waals surface area (Å²) in [4.78, 5) is 13.7. The van der Waals surface area contributed by atoms with Crippen LogP contribution < -0.4 is 10.2 Å². The molecular weight excluding hydrogens is 350 g/mol. The van der Waals surface area contributed by atoms with Crippen molar-refractivity contribution < 1.29 is 18.1 Å². The molecule has 0 saturated carbocycles. The van der Waals surface area contributed by atoms with Crippen molar-refractivity contribution in [2.24, 2.45) is 11.8 Å². The van der Waals surface area contributed by atoms with Crippen LogP contribution in [-0.4, -0.2) is 51.4 Å². The zero-order valence-corrected chi connectivity index (χ0v) is 16.5. The number of hydrogen-bond acceptors (Lipinski definition) is 3. The van der Waals surface area contributed by atoms with E-state index in [1.807, 2.05) is 0 Å². The number of hydrogen-bond donors (Lipinski definition) is 2. The van der Waals surface area contributed by atoms with Gasteiger partial charge < -0.3 is 10.2 Å². The highest BCUT2D eigenvalue weighted by Crippen LogP contribution is 2.27. The average molecular weight is 381 g/mol. The van der Waals surface area contributed by atoms with Gasteiger partial charge in [-0.25, -0.2) is 8.42 Å². The van der Waals surface area contributed by atoms with Gasteiger partial charge in [0, 0.05) is 31.6 Å². The standard InChI is InChI=1S/C19H29N3O3S/c1-15-11-16(2)13-22(12-15)26(24,25)18-7-5-17(6-8-18)20-19(23)14-21-9-3-4-10-21/h5-8,15-16H,3-4,9-14H2,1-2H3,(H,20,23)/p+1/t15-,16-/m0/s1. The van der Waals surface area contributed by atoms with Crippen LogP contribution in [0.25, 0.3) is 0 Å². The van der Waals surface area contributed by atoms with Crippen LogP contribution in [-0.2, 0) is 14.8 Å². The van der Waals surface area contributed by atoms with Gasteiger partial charge in [-0.3, -0.25) is 4.79 Å². The fraction of sp³-hybridized carbons (Fsp3) is 0.632. The zero-order chi connectivity index (χ0) is 18.7. The number of rotatable bonds is 5. The lowest BCUT2D eigenvalue weighted by Crippen LogP contribution is -3.11. The number of nitrogens with zero attached hydrogens (tertiary/aromatic N) is 1. The van der Waals surface area contributed by atoms with Gasteiger partial charge >= 0.3 is 0 Å². The summed E-state index contributed by atoms with van der Waals surface area (Å²) < 4.78 is 27.3. The van der Waals surface area contributed by atoms with Gasteiger partial charge in [0.15, 0.2) is 6.54 Å². The number of benzene rings is 1. The zero-order valence-electron chi connectivity index (χ0n) is 15.7. The fourth-order valence-corrected chi connectivity index (χ4v) is 5.82. The molecule has 2 aliphatic rings. The number of nitrogens with one attached hydrogen (secondary N) is 2. The molecule has 0 unspecified atom stereocenters. The summed E-state index contributed by atoms with van der Waals surface area (Å²) in [5, 5.41) is 2.87. The van der Waals surface area contributed by atoms with Crippen molar-refractivity contribution in [2.45, 2.75) is 38.0 Å². The highest BCUT2D eigenvalue weighted by molar-refractivity contribution is 7.89. The minimum Gasteiger partial charge on any atom is -0.327 e. The molecule has 2 saturated heterocycles. The first kappa shape index (κ1) is 19.3. The fourth-order valence-electron chi connectivity index (χ4n) is 4.15. The molecular formula is C19H30N3O3S+. The van der Waals surface area contributed by atoms with E-state index in [9.17, 15) is 13.2 Å². The van der Waals surface area contributed by atoms with E-state index < -0.39 is 10.0 Å². The molecule has 2 fully saturated rings. The Labute approximate surface area is 156 Å². The topological polar surface area (TPSA) is 70.9 Å². The van der Waals surface area contributed by atoms with E-state index in [0.717, 1.165) is 19.5 Å². The average Bonchev–Trinajstić information content (AvgIpc) is 3.07. The monoisotopic (exact) mass is 380 g/mol. The Hall–Kier alpha value is -1.44. The van der Waals surface area contributed by atoms with Crippen molar-refractivity contribution in [1.29, 1.82) is 0 Å². The highest BCUT2D eigenvalue weighted by atomic mass is 32.2. The van der Waals surface area contributed by atoms with Gasteiger partial charge in [0.05, 0.1) is 18.0 Å². The van der Waals surface area contributed by atoms with Crippen LogP contribution in [0.1, 0.15) is 33.1 Å². The summed E-state index contributed by atoms with van der Waals surface area (Å²) in [5.41, 5.74) is 0.646. The Morgan fingerprint density at radius 2 is 1.69 bits per heavy atom. The molecule has 26 heavy (non-hydrogen) atoms. The lowest BCUT2D eigenvalue weighted by atomic mass is 9.94. The Kier molecular flexibility index (Phi) is 5.99. The van der Waals surface area contributed by atoms with Crippen molar-refractivity contribution in [3.8, 4) is 0 Å². The Morgan fingerprint density at radius 1 is 1.12 bits per heavy atom.